The Hall–Kier alpha value is -4.56. The molecule has 0 radical (unpaired) electrons. The molecule has 1 amide bonds. The van der Waals surface area contributed by atoms with Crippen LogP contribution >= 0.6 is 0 Å². The number of ether oxygens (including phenoxy) is 1. The maximum atomic E-state index is 14.1. The van der Waals surface area contributed by atoms with Crippen LogP contribution in [0.5, 0.6) is 5.75 Å². The predicted octanol–water partition coefficient (Wildman–Crippen LogP) is 4.58. The fourth-order valence-corrected chi connectivity index (χ4v) is 8.41. The van der Waals surface area contributed by atoms with Crippen LogP contribution in [0.4, 0.5) is 14.6 Å². The van der Waals surface area contributed by atoms with Gasteiger partial charge in [0.2, 0.25) is 10.0 Å². The number of aryl methyl sites for hydroxylation is 2. The number of nitrogens with zero attached hydrogens (tertiary/aromatic N) is 4. The van der Waals surface area contributed by atoms with Crippen molar-refractivity contribution in [3.05, 3.63) is 88.1 Å². The lowest BCUT2D eigenvalue weighted by atomic mass is 9.99. The zero-order chi connectivity index (χ0) is 34.4. The number of nitrogens with one attached hydrogen (secondary N) is 2. The number of likely N-dealkylation sites (N-methyl/N-ethyl adjacent to an activating group) is 1. The van der Waals surface area contributed by atoms with E-state index in [1.54, 1.807) is 31.3 Å². The Labute approximate surface area is 277 Å². The number of anilines is 1. The smallest absolute Gasteiger partial charge is 0.387 e. The van der Waals surface area contributed by atoms with Crippen molar-refractivity contribution in [2.24, 2.45) is 0 Å². The fraction of sp³-hybridized carbons (Fsp3) is 0.382. The highest BCUT2D eigenvalue weighted by Gasteiger charge is 2.54. The van der Waals surface area contributed by atoms with Crippen LogP contribution in [-0.4, -0.2) is 77.8 Å². The van der Waals surface area contributed by atoms with Crippen LogP contribution < -0.4 is 20.5 Å². The van der Waals surface area contributed by atoms with E-state index in [1.807, 2.05) is 12.1 Å². The number of halogens is 2. The third-order valence-electron chi connectivity index (χ3n) is 9.22. The third-order valence-corrected chi connectivity index (χ3v) is 11.7. The molecular weight excluding hydrogens is 642 g/mol. The van der Waals surface area contributed by atoms with Gasteiger partial charge in [-0.1, -0.05) is 6.08 Å². The molecule has 4 aromatic rings. The van der Waals surface area contributed by atoms with Gasteiger partial charge in [-0.2, -0.15) is 8.78 Å². The molecule has 1 aromatic carbocycles. The van der Waals surface area contributed by atoms with Gasteiger partial charge < -0.3 is 24.8 Å². The van der Waals surface area contributed by atoms with Gasteiger partial charge in [0.1, 0.15) is 11.6 Å². The summed E-state index contributed by atoms with van der Waals surface area (Å²) in [6.45, 7) is 6.94. The summed E-state index contributed by atoms with van der Waals surface area (Å²) in [6, 6.07) is 8.45. The van der Waals surface area contributed by atoms with Crippen LogP contribution in [0.3, 0.4) is 0 Å². The van der Waals surface area contributed by atoms with Crippen LogP contribution in [0, 0.1) is 13.8 Å². The number of hydrogen-bond acceptors (Lipinski definition) is 8. The number of alkyl halides is 2. The molecule has 2 fully saturated rings. The SMILES string of the molecule is C=CCC1(S(=O)(=O)n2cc(C)c3c(C(=O)NCc4c(OC(F)F)cc(C)[nH]c4=O)cc(-c4ccc(N5CCN(C)CC5)nc4)cc32)CC1. The Bertz CT molecular complexity index is 2050. The van der Waals surface area contributed by atoms with E-state index in [-0.39, 0.29) is 16.9 Å². The van der Waals surface area contributed by atoms with Crippen LogP contribution in [0.2, 0.25) is 0 Å². The van der Waals surface area contributed by atoms with E-state index < -0.39 is 39.4 Å². The summed E-state index contributed by atoms with van der Waals surface area (Å²) in [4.78, 5) is 38.3. The highest BCUT2D eigenvalue weighted by atomic mass is 32.2. The second-order valence-corrected chi connectivity index (χ2v) is 14.8. The van der Waals surface area contributed by atoms with Gasteiger partial charge in [-0.25, -0.2) is 17.4 Å². The number of H-pyrrole nitrogens is 1. The minimum atomic E-state index is -3.89. The Kier molecular flexibility index (Phi) is 8.90. The molecule has 4 heterocycles. The molecule has 1 aliphatic heterocycles. The third kappa shape index (κ3) is 6.21. The summed E-state index contributed by atoms with van der Waals surface area (Å²) >= 11 is 0. The monoisotopic (exact) mass is 680 g/mol. The molecule has 6 rings (SSSR count). The first-order valence-electron chi connectivity index (χ1n) is 15.7. The lowest BCUT2D eigenvalue weighted by molar-refractivity contribution is -0.0506. The van der Waals surface area contributed by atoms with Crippen LogP contribution in [0.25, 0.3) is 22.0 Å². The molecule has 0 atom stereocenters. The summed E-state index contributed by atoms with van der Waals surface area (Å²) in [5.74, 6) is -0.155. The molecule has 1 saturated carbocycles. The van der Waals surface area contributed by atoms with Crippen molar-refractivity contribution in [1.29, 1.82) is 0 Å². The zero-order valence-corrected chi connectivity index (χ0v) is 27.9. The number of allylic oxidation sites excluding steroid dienone is 1. The molecule has 48 heavy (non-hydrogen) atoms. The lowest BCUT2D eigenvalue weighted by Crippen LogP contribution is -2.44. The summed E-state index contributed by atoms with van der Waals surface area (Å²) in [7, 11) is -1.81. The first-order valence-corrected chi connectivity index (χ1v) is 17.1. The minimum absolute atomic E-state index is 0.158. The second-order valence-electron chi connectivity index (χ2n) is 12.6. The van der Waals surface area contributed by atoms with Gasteiger partial charge in [-0.05, 0) is 75.5 Å². The van der Waals surface area contributed by atoms with Gasteiger partial charge in [0.25, 0.3) is 11.5 Å². The first-order chi connectivity index (χ1) is 22.8. The van der Waals surface area contributed by atoms with Gasteiger partial charge in [0.05, 0.1) is 22.4 Å². The molecule has 2 N–H and O–H groups in total. The van der Waals surface area contributed by atoms with Crippen molar-refractivity contribution < 1.29 is 26.7 Å². The van der Waals surface area contributed by atoms with Gasteiger partial charge in [-0.15, -0.1) is 6.58 Å². The molecule has 2 aliphatic rings. The number of carbonyl (C=O) groups is 1. The topological polar surface area (TPSA) is 130 Å². The highest BCUT2D eigenvalue weighted by Crippen LogP contribution is 2.49. The maximum Gasteiger partial charge on any atom is 0.387 e. The molecule has 0 spiro atoms. The number of carbonyl (C=O) groups excluding carboxylic acids is 1. The molecule has 0 unspecified atom stereocenters. The number of hydrogen-bond donors (Lipinski definition) is 2. The van der Waals surface area contributed by atoms with E-state index in [0.29, 0.717) is 52.5 Å². The minimum Gasteiger partial charge on any atom is -0.434 e. The number of aromatic amines is 1. The Morgan fingerprint density at radius 3 is 2.50 bits per heavy atom. The molecule has 1 saturated heterocycles. The average Bonchev–Trinajstić information content (AvgIpc) is 3.76. The van der Waals surface area contributed by atoms with Crippen LogP contribution in [-0.2, 0) is 16.6 Å². The number of fused-ring (bicyclic) bond motifs is 1. The quantitative estimate of drug-likeness (QED) is 0.221. The number of benzene rings is 1. The normalized spacial score (nSPS) is 16.3. The van der Waals surface area contributed by atoms with Crippen molar-refractivity contribution in [2.75, 3.05) is 38.1 Å². The second kappa shape index (κ2) is 12.8. The number of amides is 1. The largest absolute Gasteiger partial charge is 0.434 e. The van der Waals surface area contributed by atoms with Crippen molar-refractivity contribution in [3.63, 3.8) is 0 Å². The molecule has 0 bridgehead atoms. The van der Waals surface area contributed by atoms with Crippen LogP contribution in [0.1, 0.15) is 46.4 Å². The molecule has 3 aromatic heterocycles. The van der Waals surface area contributed by atoms with E-state index in [9.17, 15) is 26.8 Å². The zero-order valence-electron chi connectivity index (χ0n) is 27.1. The number of piperazine rings is 1. The molecular formula is C34H38F2N6O5S. The Balaban J connectivity index is 1.43. The van der Waals surface area contributed by atoms with E-state index in [4.69, 9.17) is 4.98 Å². The lowest BCUT2D eigenvalue weighted by Gasteiger charge is -2.33. The van der Waals surface area contributed by atoms with Crippen molar-refractivity contribution in [2.45, 2.75) is 51.0 Å². The first kappa shape index (κ1) is 33.3. The molecule has 14 heteroatoms. The van der Waals surface area contributed by atoms with E-state index in [0.717, 1.165) is 32.0 Å². The van der Waals surface area contributed by atoms with Gasteiger partial charge >= 0.3 is 6.61 Å². The average molecular weight is 681 g/mol. The molecule has 254 valence electrons. The Morgan fingerprint density at radius 1 is 1.15 bits per heavy atom. The van der Waals surface area contributed by atoms with Crippen molar-refractivity contribution in [3.8, 4) is 16.9 Å². The standard InChI is InChI=1S/C34H38F2N6O5S/c1-5-8-34(9-10-34)48(45,46)42-20-21(2)30-25(31(43)38-19-26-28(47-33(35)36)15-22(3)39-32(26)44)16-24(17-27(30)42)23-6-7-29(37-18-23)41-13-11-40(4)12-14-41/h5-7,15-18,20,33H,1,8-14,19H2,2-4H3,(H,38,43)(H,39,44). The van der Waals surface area contributed by atoms with Crippen molar-refractivity contribution >= 4 is 32.7 Å². The number of rotatable bonds is 11. The fourth-order valence-electron chi connectivity index (χ4n) is 6.35. The summed E-state index contributed by atoms with van der Waals surface area (Å²) < 4.78 is 59.3. The maximum absolute atomic E-state index is 14.1. The summed E-state index contributed by atoms with van der Waals surface area (Å²) in [5, 5.41) is 3.09. The van der Waals surface area contributed by atoms with Gasteiger partial charge in [0.15, 0.2) is 0 Å². The van der Waals surface area contributed by atoms with Crippen molar-refractivity contribution in [1.82, 2.24) is 24.2 Å². The van der Waals surface area contributed by atoms with E-state index in [1.165, 1.54) is 23.2 Å². The highest BCUT2D eigenvalue weighted by molar-refractivity contribution is 7.91. The number of aromatic nitrogens is 3. The van der Waals surface area contributed by atoms with E-state index in [2.05, 4.69) is 38.5 Å². The summed E-state index contributed by atoms with van der Waals surface area (Å²) in [5.41, 5.74) is 1.72. The van der Waals surface area contributed by atoms with Gasteiger partial charge in [-0.3, -0.25) is 9.59 Å². The molecule has 1 aliphatic carbocycles. The summed E-state index contributed by atoms with van der Waals surface area (Å²) in [6.07, 6.45) is 6.13. The number of pyridine rings is 2. The van der Waals surface area contributed by atoms with Crippen LogP contribution in [0.15, 0.2) is 60.2 Å². The predicted molar refractivity (Wildman–Crippen MR) is 180 cm³/mol. The van der Waals surface area contributed by atoms with E-state index >= 15 is 0 Å². The molecule has 11 nitrogen and oxygen atoms in total. The Morgan fingerprint density at radius 2 is 1.88 bits per heavy atom. The van der Waals surface area contributed by atoms with Gasteiger partial charge in [0, 0.05) is 66.8 Å².